The molecule has 37 heavy (non-hydrogen) atoms. The molecule has 2 aromatic rings. The minimum absolute atomic E-state index is 0.160. The van der Waals surface area contributed by atoms with Crippen LogP contribution in [0.5, 0.6) is 11.6 Å². The van der Waals surface area contributed by atoms with Gasteiger partial charge >= 0.3 is 6.03 Å². The summed E-state index contributed by atoms with van der Waals surface area (Å²) in [7, 11) is 4.76. The van der Waals surface area contributed by atoms with Gasteiger partial charge in [-0.05, 0) is 25.1 Å². The van der Waals surface area contributed by atoms with Crippen LogP contribution >= 0.6 is 0 Å². The zero-order valence-electron chi connectivity index (χ0n) is 21.9. The van der Waals surface area contributed by atoms with E-state index in [1.54, 1.807) is 44.2 Å². The monoisotopic (exact) mass is 510 g/mol. The smallest absolute Gasteiger partial charge is 0.321 e. The van der Waals surface area contributed by atoms with Crippen LogP contribution < -0.4 is 14.8 Å². The van der Waals surface area contributed by atoms with Crippen molar-refractivity contribution >= 4 is 17.6 Å². The Balaban J connectivity index is 1.87. The van der Waals surface area contributed by atoms with Gasteiger partial charge in [-0.2, -0.15) is 0 Å². The summed E-state index contributed by atoms with van der Waals surface area (Å²) < 4.78 is 16.5. The van der Waals surface area contributed by atoms with E-state index in [9.17, 15) is 14.7 Å². The van der Waals surface area contributed by atoms with Crippen molar-refractivity contribution in [1.82, 2.24) is 14.8 Å². The molecule has 1 aromatic heterocycles. The Hall–Kier alpha value is -3.81. The molecule has 0 unspecified atom stereocenters. The van der Waals surface area contributed by atoms with E-state index in [0.717, 1.165) is 0 Å². The number of likely N-dealkylation sites (N-methyl/N-ethyl adjacent to an activating group) is 1. The number of amides is 3. The van der Waals surface area contributed by atoms with E-state index < -0.39 is 12.1 Å². The number of anilines is 1. The SMILES string of the molecule is COCC#Cc1cnc2c(c1)C(=O)N([C@H](C)CO)C[C@H](C)[C@H](CN(C)C(=O)Nc1ccccc1OC)O2. The standard InChI is InChI=1S/C27H34N4O6/c1-18-15-31(19(2)17-32)26(33)21-13-20(9-8-12-35-4)14-28-25(21)37-24(18)16-30(3)27(34)29-22-10-6-7-11-23(22)36-5/h6-7,10-11,13-14,18-19,24,32H,12,15-17H2,1-5H3,(H,29,34)/t18-,19+,24-/m0/s1. The quantitative estimate of drug-likeness (QED) is 0.550. The Labute approximate surface area is 217 Å². The summed E-state index contributed by atoms with van der Waals surface area (Å²) in [5.41, 5.74) is 1.35. The molecule has 1 aliphatic heterocycles. The molecular weight excluding hydrogens is 476 g/mol. The number of methoxy groups -OCH3 is 2. The number of aromatic nitrogens is 1. The number of nitrogens with zero attached hydrogens (tertiary/aromatic N) is 3. The molecule has 2 N–H and O–H groups in total. The molecule has 1 aliphatic rings. The fourth-order valence-corrected chi connectivity index (χ4v) is 3.91. The van der Waals surface area contributed by atoms with E-state index in [1.165, 1.54) is 18.2 Å². The lowest BCUT2D eigenvalue weighted by molar-refractivity contribution is 0.0356. The maximum absolute atomic E-state index is 13.5. The summed E-state index contributed by atoms with van der Waals surface area (Å²) in [5.74, 6) is 6.02. The van der Waals surface area contributed by atoms with E-state index in [2.05, 4.69) is 22.1 Å². The number of para-hydroxylation sites is 2. The zero-order chi connectivity index (χ0) is 26.9. The summed E-state index contributed by atoms with van der Waals surface area (Å²) in [4.78, 5) is 33.9. The molecule has 10 nitrogen and oxygen atoms in total. The van der Waals surface area contributed by atoms with Crippen LogP contribution in [0.25, 0.3) is 0 Å². The highest BCUT2D eigenvalue weighted by molar-refractivity contribution is 5.97. The molecule has 2 heterocycles. The van der Waals surface area contributed by atoms with Gasteiger partial charge in [-0.3, -0.25) is 4.79 Å². The third-order valence-electron chi connectivity index (χ3n) is 6.12. The van der Waals surface area contributed by atoms with Crippen LogP contribution in [0.2, 0.25) is 0 Å². The summed E-state index contributed by atoms with van der Waals surface area (Å²) >= 11 is 0. The average molecular weight is 511 g/mol. The molecule has 0 saturated carbocycles. The number of rotatable bonds is 7. The molecule has 3 rings (SSSR count). The number of pyridine rings is 1. The first-order valence-electron chi connectivity index (χ1n) is 12.0. The van der Waals surface area contributed by atoms with Gasteiger partial charge in [0, 0.05) is 38.4 Å². The molecule has 3 amide bonds. The number of carbonyl (C=O) groups excluding carboxylic acids is 2. The minimum Gasteiger partial charge on any atom is -0.495 e. The molecule has 0 bridgehead atoms. The lowest BCUT2D eigenvalue weighted by Crippen LogP contribution is -2.50. The molecule has 0 aliphatic carbocycles. The van der Waals surface area contributed by atoms with Gasteiger partial charge in [-0.1, -0.05) is 30.9 Å². The maximum Gasteiger partial charge on any atom is 0.321 e. The topological polar surface area (TPSA) is 113 Å². The molecular formula is C27H34N4O6. The first-order chi connectivity index (χ1) is 17.8. The zero-order valence-corrected chi connectivity index (χ0v) is 21.9. The van der Waals surface area contributed by atoms with Gasteiger partial charge in [0.25, 0.3) is 5.91 Å². The van der Waals surface area contributed by atoms with Crippen LogP contribution in [0, 0.1) is 17.8 Å². The lowest BCUT2D eigenvalue weighted by Gasteiger charge is -2.37. The van der Waals surface area contributed by atoms with Crippen molar-refractivity contribution in [3.63, 3.8) is 0 Å². The van der Waals surface area contributed by atoms with Gasteiger partial charge in [0.15, 0.2) is 0 Å². The Bertz CT molecular complexity index is 1160. The number of fused-ring (bicyclic) bond motifs is 1. The van der Waals surface area contributed by atoms with Gasteiger partial charge in [0.05, 0.1) is 32.0 Å². The predicted octanol–water partition coefficient (Wildman–Crippen LogP) is 2.47. The molecule has 1 aromatic carbocycles. The van der Waals surface area contributed by atoms with Crippen LogP contribution in [0.3, 0.4) is 0 Å². The normalized spacial score (nSPS) is 17.8. The number of benzene rings is 1. The molecule has 10 heteroatoms. The Morgan fingerprint density at radius 1 is 1.38 bits per heavy atom. The van der Waals surface area contributed by atoms with E-state index >= 15 is 0 Å². The highest BCUT2D eigenvalue weighted by atomic mass is 16.5. The summed E-state index contributed by atoms with van der Waals surface area (Å²) in [6.45, 7) is 4.33. The van der Waals surface area contributed by atoms with Crippen LogP contribution in [-0.2, 0) is 4.74 Å². The second kappa shape index (κ2) is 12.9. The Morgan fingerprint density at radius 2 is 2.14 bits per heavy atom. The average Bonchev–Trinajstić information content (AvgIpc) is 2.90. The number of hydrogen-bond donors (Lipinski definition) is 2. The number of carbonyl (C=O) groups is 2. The maximum atomic E-state index is 13.5. The van der Waals surface area contributed by atoms with Crippen LogP contribution in [-0.4, -0.2) is 91.5 Å². The third-order valence-corrected chi connectivity index (χ3v) is 6.12. The van der Waals surface area contributed by atoms with Crippen molar-refractivity contribution in [3.05, 3.63) is 47.7 Å². The number of hydrogen-bond acceptors (Lipinski definition) is 7. The second-order valence-electron chi connectivity index (χ2n) is 8.95. The number of urea groups is 1. The van der Waals surface area contributed by atoms with Crippen LogP contribution in [0.1, 0.15) is 29.8 Å². The number of aliphatic hydroxyl groups excluding tert-OH is 1. The summed E-state index contributed by atoms with van der Waals surface area (Å²) in [6, 6.07) is 8.03. The van der Waals surface area contributed by atoms with Gasteiger partial charge in [-0.15, -0.1) is 0 Å². The molecule has 198 valence electrons. The number of nitrogens with one attached hydrogen (secondary N) is 1. The first-order valence-corrected chi connectivity index (χ1v) is 12.0. The fourth-order valence-electron chi connectivity index (χ4n) is 3.91. The molecule has 0 spiro atoms. The molecule has 0 fully saturated rings. The van der Waals surface area contributed by atoms with Crippen LogP contribution in [0.15, 0.2) is 36.5 Å². The summed E-state index contributed by atoms with van der Waals surface area (Å²) in [5, 5.41) is 12.7. The number of aliphatic hydroxyl groups is 1. The third kappa shape index (κ3) is 6.90. The highest BCUT2D eigenvalue weighted by Crippen LogP contribution is 2.28. The second-order valence-corrected chi connectivity index (χ2v) is 8.95. The van der Waals surface area contributed by atoms with Crippen molar-refractivity contribution in [2.45, 2.75) is 26.0 Å². The predicted molar refractivity (Wildman–Crippen MR) is 139 cm³/mol. The van der Waals surface area contributed by atoms with Crippen molar-refractivity contribution in [2.75, 3.05) is 52.9 Å². The van der Waals surface area contributed by atoms with Gasteiger partial charge in [0.1, 0.15) is 24.0 Å². The van der Waals surface area contributed by atoms with Crippen molar-refractivity contribution in [2.24, 2.45) is 5.92 Å². The number of ether oxygens (including phenoxy) is 3. The largest absolute Gasteiger partial charge is 0.495 e. The van der Waals surface area contributed by atoms with Gasteiger partial charge < -0.3 is 34.4 Å². The van der Waals surface area contributed by atoms with Gasteiger partial charge in [-0.25, -0.2) is 9.78 Å². The Morgan fingerprint density at radius 3 is 2.84 bits per heavy atom. The van der Waals surface area contributed by atoms with Crippen LogP contribution in [0.4, 0.5) is 10.5 Å². The molecule has 0 radical (unpaired) electrons. The lowest BCUT2D eigenvalue weighted by atomic mass is 10.00. The van der Waals surface area contributed by atoms with E-state index in [1.807, 2.05) is 19.1 Å². The van der Waals surface area contributed by atoms with Crippen molar-refractivity contribution in [3.8, 4) is 23.5 Å². The van der Waals surface area contributed by atoms with Gasteiger partial charge in [0.2, 0.25) is 5.88 Å². The Kier molecular flexibility index (Phi) is 9.71. The molecule has 3 atom stereocenters. The molecule has 0 saturated heterocycles. The highest BCUT2D eigenvalue weighted by Gasteiger charge is 2.34. The van der Waals surface area contributed by atoms with Crippen molar-refractivity contribution in [1.29, 1.82) is 0 Å². The van der Waals surface area contributed by atoms with E-state index in [0.29, 0.717) is 23.5 Å². The minimum atomic E-state index is -0.480. The van der Waals surface area contributed by atoms with E-state index in [-0.39, 0.29) is 49.1 Å². The summed E-state index contributed by atoms with van der Waals surface area (Å²) in [6.07, 6.45) is 1.06. The first kappa shape index (κ1) is 27.8. The fraction of sp³-hybridized carbons (Fsp3) is 0.444. The van der Waals surface area contributed by atoms with E-state index in [4.69, 9.17) is 14.2 Å². The van der Waals surface area contributed by atoms with Crippen molar-refractivity contribution < 1.29 is 28.9 Å².